The normalized spacial score (nSPS) is 11.6. The van der Waals surface area contributed by atoms with Crippen molar-refractivity contribution in [1.82, 2.24) is 0 Å². The maximum atomic E-state index is 12.2. The molecule has 0 saturated carbocycles. The van der Waals surface area contributed by atoms with Gasteiger partial charge in [0, 0.05) is 5.02 Å². The second kappa shape index (κ2) is 9.96. The molecule has 30 heavy (non-hydrogen) atoms. The van der Waals surface area contributed by atoms with Crippen LogP contribution in [0.25, 0.3) is 0 Å². The summed E-state index contributed by atoms with van der Waals surface area (Å²) in [4.78, 5) is 12.2. The van der Waals surface area contributed by atoms with E-state index in [1.54, 1.807) is 32.0 Å². The minimum atomic E-state index is -0.607. The molecule has 3 rings (SSSR count). The molecule has 0 radical (unpaired) electrons. The highest BCUT2D eigenvalue weighted by Crippen LogP contribution is 2.32. The van der Waals surface area contributed by atoms with E-state index in [4.69, 9.17) is 21.1 Å². The fourth-order valence-electron chi connectivity index (χ4n) is 3.16. The van der Waals surface area contributed by atoms with Crippen molar-refractivity contribution >= 4 is 17.6 Å². The molecular formula is C25H22ClNO3. The molecule has 0 saturated heterocycles. The molecule has 0 amide bonds. The van der Waals surface area contributed by atoms with Gasteiger partial charge < -0.3 is 9.47 Å². The van der Waals surface area contributed by atoms with Crippen LogP contribution in [0.4, 0.5) is 0 Å². The van der Waals surface area contributed by atoms with Gasteiger partial charge in [-0.2, -0.15) is 5.26 Å². The van der Waals surface area contributed by atoms with E-state index in [9.17, 15) is 10.1 Å². The number of rotatable bonds is 7. The van der Waals surface area contributed by atoms with E-state index in [1.165, 1.54) is 0 Å². The molecule has 0 aliphatic rings. The molecule has 3 aromatic carbocycles. The summed E-state index contributed by atoms with van der Waals surface area (Å²) < 4.78 is 11.2. The Morgan fingerprint density at radius 2 is 1.73 bits per heavy atom. The fraction of sp³-hybridized carbons (Fsp3) is 0.200. The number of esters is 1. The summed E-state index contributed by atoms with van der Waals surface area (Å²) in [6.07, 6.45) is -0.130. The average Bonchev–Trinajstić information content (AvgIpc) is 2.71. The Hall–Kier alpha value is -3.29. The molecule has 1 unspecified atom stereocenters. The Morgan fingerprint density at radius 3 is 2.43 bits per heavy atom. The van der Waals surface area contributed by atoms with Gasteiger partial charge in [0.25, 0.3) is 0 Å². The Balaban J connectivity index is 1.92. The molecule has 152 valence electrons. The van der Waals surface area contributed by atoms with Crippen molar-refractivity contribution in [2.45, 2.75) is 32.3 Å². The van der Waals surface area contributed by atoms with Crippen LogP contribution >= 0.6 is 11.6 Å². The van der Waals surface area contributed by atoms with Gasteiger partial charge >= 0.3 is 5.97 Å². The first-order chi connectivity index (χ1) is 14.5. The number of carbonyl (C=O) groups is 1. The van der Waals surface area contributed by atoms with Crippen molar-refractivity contribution < 1.29 is 14.3 Å². The summed E-state index contributed by atoms with van der Waals surface area (Å²) in [5, 5.41) is 10.5. The molecular weight excluding hydrogens is 398 g/mol. The van der Waals surface area contributed by atoms with Gasteiger partial charge in [-0.1, -0.05) is 48.0 Å². The number of para-hydroxylation sites is 1. The highest BCUT2D eigenvalue weighted by Gasteiger charge is 2.20. The predicted molar refractivity (Wildman–Crippen MR) is 117 cm³/mol. The van der Waals surface area contributed by atoms with Crippen molar-refractivity contribution in [1.29, 1.82) is 5.26 Å². The molecule has 0 spiro atoms. The summed E-state index contributed by atoms with van der Waals surface area (Å²) in [5.41, 5.74) is 2.15. The molecule has 0 heterocycles. The molecule has 0 bridgehead atoms. The number of nitrogens with zero attached hydrogens (tertiary/aromatic N) is 1. The van der Waals surface area contributed by atoms with Gasteiger partial charge in [-0.05, 0) is 66.9 Å². The highest BCUT2D eigenvalue weighted by atomic mass is 35.5. The summed E-state index contributed by atoms with van der Waals surface area (Å²) in [6, 6.07) is 24.4. The van der Waals surface area contributed by atoms with Crippen LogP contribution in [-0.4, -0.2) is 12.1 Å². The monoisotopic (exact) mass is 419 g/mol. The maximum Gasteiger partial charge on any atom is 0.310 e. The predicted octanol–water partition coefficient (Wildman–Crippen LogP) is 6.28. The zero-order chi connectivity index (χ0) is 21.5. The van der Waals surface area contributed by atoms with E-state index in [2.05, 4.69) is 6.07 Å². The Morgan fingerprint density at radius 1 is 1.00 bits per heavy atom. The van der Waals surface area contributed by atoms with Gasteiger partial charge in [-0.15, -0.1) is 0 Å². The Bertz CT molecular complexity index is 1060. The standard InChI is InChI=1S/C25H22ClNO3/c1-17(2)29-25(28)14-19-11-12-20(26)15-23(19)24(16-27)18-7-6-10-22(13-18)30-21-8-4-3-5-9-21/h3-13,15,17,24H,14H2,1-2H3. The van der Waals surface area contributed by atoms with Gasteiger partial charge in [0.15, 0.2) is 0 Å². The minimum Gasteiger partial charge on any atom is -0.463 e. The summed E-state index contributed by atoms with van der Waals surface area (Å²) >= 11 is 6.21. The van der Waals surface area contributed by atoms with Crippen LogP contribution in [0, 0.1) is 11.3 Å². The molecule has 4 nitrogen and oxygen atoms in total. The topological polar surface area (TPSA) is 59.3 Å². The van der Waals surface area contributed by atoms with Gasteiger partial charge in [-0.25, -0.2) is 0 Å². The van der Waals surface area contributed by atoms with Crippen LogP contribution in [0.15, 0.2) is 72.8 Å². The number of ether oxygens (including phenoxy) is 2. The number of hydrogen-bond donors (Lipinski definition) is 0. The maximum absolute atomic E-state index is 12.2. The third kappa shape index (κ3) is 5.62. The number of carbonyl (C=O) groups excluding carboxylic acids is 1. The third-order valence-corrected chi connectivity index (χ3v) is 4.66. The number of hydrogen-bond acceptors (Lipinski definition) is 4. The largest absolute Gasteiger partial charge is 0.463 e. The van der Waals surface area contributed by atoms with Crippen LogP contribution in [-0.2, 0) is 16.0 Å². The van der Waals surface area contributed by atoms with Crippen LogP contribution in [0.1, 0.15) is 36.5 Å². The lowest BCUT2D eigenvalue weighted by Gasteiger charge is -2.17. The summed E-state index contributed by atoms with van der Waals surface area (Å²) in [7, 11) is 0. The quantitative estimate of drug-likeness (QED) is 0.423. The molecule has 5 heteroatoms. The van der Waals surface area contributed by atoms with Gasteiger partial charge in [-0.3, -0.25) is 4.79 Å². The van der Waals surface area contributed by atoms with Crippen molar-refractivity contribution in [3.8, 4) is 17.6 Å². The average molecular weight is 420 g/mol. The first-order valence-electron chi connectivity index (χ1n) is 9.66. The molecule has 0 aromatic heterocycles. The molecule has 3 aromatic rings. The van der Waals surface area contributed by atoms with E-state index in [0.29, 0.717) is 27.6 Å². The first-order valence-corrected chi connectivity index (χ1v) is 10.0. The van der Waals surface area contributed by atoms with E-state index in [-0.39, 0.29) is 18.5 Å². The zero-order valence-electron chi connectivity index (χ0n) is 16.8. The highest BCUT2D eigenvalue weighted by molar-refractivity contribution is 6.30. The van der Waals surface area contributed by atoms with E-state index in [1.807, 2.05) is 54.6 Å². The van der Waals surface area contributed by atoms with Crippen LogP contribution in [0.5, 0.6) is 11.5 Å². The second-order valence-electron chi connectivity index (χ2n) is 7.11. The van der Waals surface area contributed by atoms with E-state index < -0.39 is 5.92 Å². The van der Waals surface area contributed by atoms with E-state index in [0.717, 1.165) is 5.56 Å². The Labute approximate surface area is 181 Å². The van der Waals surface area contributed by atoms with Gasteiger partial charge in [0.05, 0.1) is 24.5 Å². The lowest BCUT2D eigenvalue weighted by Crippen LogP contribution is -2.15. The molecule has 0 aliphatic carbocycles. The molecule has 0 N–H and O–H groups in total. The van der Waals surface area contributed by atoms with Crippen molar-refractivity contribution in [3.05, 3.63) is 94.5 Å². The van der Waals surface area contributed by atoms with Crippen molar-refractivity contribution in [3.63, 3.8) is 0 Å². The van der Waals surface area contributed by atoms with Crippen molar-refractivity contribution in [2.75, 3.05) is 0 Å². The number of nitriles is 1. The lowest BCUT2D eigenvalue weighted by molar-refractivity contribution is -0.146. The minimum absolute atomic E-state index is 0.0725. The smallest absolute Gasteiger partial charge is 0.310 e. The summed E-state index contributed by atoms with van der Waals surface area (Å²) in [5.74, 6) is 0.390. The first kappa shape index (κ1) is 21.4. The third-order valence-electron chi connectivity index (χ3n) is 4.42. The van der Waals surface area contributed by atoms with E-state index >= 15 is 0 Å². The van der Waals surface area contributed by atoms with Gasteiger partial charge in [0.1, 0.15) is 11.5 Å². The summed E-state index contributed by atoms with van der Waals surface area (Å²) in [6.45, 7) is 3.61. The zero-order valence-corrected chi connectivity index (χ0v) is 17.6. The second-order valence-corrected chi connectivity index (χ2v) is 7.54. The SMILES string of the molecule is CC(C)OC(=O)Cc1ccc(Cl)cc1C(C#N)c1cccc(Oc2ccccc2)c1. The number of halogens is 1. The molecule has 1 atom stereocenters. The van der Waals surface area contributed by atoms with Crippen molar-refractivity contribution in [2.24, 2.45) is 0 Å². The molecule has 0 fully saturated rings. The number of benzene rings is 3. The lowest BCUT2D eigenvalue weighted by atomic mass is 9.88. The molecule has 0 aliphatic heterocycles. The van der Waals surface area contributed by atoms with Crippen LogP contribution in [0.3, 0.4) is 0 Å². The van der Waals surface area contributed by atoms with Crippen LogP contribution in [0.2, 0.25) is 5.02 Å². The van der Waals surface area contributed by atoms with Gasteiger partial charge in [0.2, 0.25) is 0 Å². The Kier molecular flexibility index (Phi) is 7.11. The fourth-order valence-corrected chi connectivity index (χ4v) is 3.34. The van der Waals surface area contributed by atoms with Crippen LogP contribution < -0.4 is 4.74 Å².